The summed E-state index contributed by atoms with van der Waals surface area (Å²) < 4.78 is 4.02. The number of aromatic nitrogens is 1. The Morgan fingerprint density at radius 2 is 1.71 bits per heavy atom. The van der Waals surface area contributed by atoms with Crippen molar-refractivity contribution in [3.05, 3.63) is 69.7 Å². The second kappa shape index (κ2) is 11.2. The maximum absolute atomic E-state index is 14.2. The van der Waals surface area contributed by atoms with Gasteiger partial charge in [-0.1, -0.05) is 36.8 Å². The number of hydrogen-bond donors (Lipinski definition) is 3. The fourth-order valence-corrected chi connectivity index (χ4v) is 4.79. The van der Waals surface area contributed by atoms with E-state index in [4.69, 9.17) is 11.5 Å². The van der Waals surface area contributed by atoms with Crippen LogP contribution in [0.15, 0.2) is 42.5 Å². The largest absolute Gasteiger partial charge is 0.395 e. The van der Waals surface area contributed by atoms with Gasteiger partial charge < -0.3 is 21.7 Å². The van der Waals surface area contributed by atoms with Gasteiger partial charge in [0.2, 0.25) is 5.91 Å². The number of carbonyl (C=O) groups is 3. The molecule has 3 rings (SSSR count). The Hall–Kier alpha value is -3.92. The lowest BCUT2D eigenvalue weighted by molar-refractivity contribution is -0.124. The normalized spacial score (nSPS) is 12.1. The third-order valence-electron chi connectivity index (χ3n) is 6.56. The Bertz CT molecular complexity index is 1350. The molecule has 3 aromatic rings. The number of benzene rings is 2. The zero-order valence-corrected chi connectivity index (χ0v) is 23.8. The lowest BCUT2D eigenvalue weighted by Crippen LogP contribution is -2.50. The molecular formula is C28H36N6O3S. The van der Waals surface area contributed by atoms with Crippen molar-refractivity contribution in [3.63, 3.8) is 0 Å². The molecule has 0 bridgehead atoms. The number of nitrogen functional groups attached to an aromatic ring is 1. The third-order valence-corrected chi connectivity index (χ3v) is 7.41. The number of rotatable bonds is 9. The quantitative estimate of drug-likeness (QED) is 0.375. The molecule has 1 aromatic heterocycles. The first-order chi connectivity index (χ1) is 17.8. The molecule has 0 radical (unpaired) electrons. The second-order valence-corrected chi connectivity index (χ2v) is 11.0. The number of hydrogen-bond acceptors (Lipinski definition) is 7. The molecular weight excluding hydrogens is 500 g/mol. The molecule has 5 N–H and O–H groups in total. The molecule has 1 atom stereocenters. The van der Waals surface area contributed by atoms with Crippen molar-refractivity contribution in [3.8, 4) is 0 Å². The summed E-state index contributed by atoms with van der Waals surface area (Å²) in [5, 5.41) is 3.11. The van der Waals surface area contributed by atoms with E-state index < -0.39 is 23.4 Å². The van der Waals surface area contributed by atoms with Gasteiger partial charge >= 0.3 is 0 Å². The number of aryl methyl sites for hydroxylation is 2. The van der Waals surface area contributed by atoms with Crippen LogP contribution in [0.2, 0.25) is 0 Å². The fraction of sp³-hybridized carbons (Fsp3) is 0.357. The van der Waals surface area contributed by atoms with Gasteiger partial charge in [0.05, 0.1) is 5.69 Å². The lowest BCUT2D eigenvalue weighted by atomic mass is 9.97. The molecule has 9 nitrogen and oxygen atoms in total. The van der Waals surface area contributed by atoms with E-state index in [2.05, 4.69) is 9.69 Å². The summed E-state index contributed by atoms with van der Waals surface area (Å²) >= 11 is 0.788. The summed E-state index contributed by atoms with van der Waals surface area (Å²) in [6.07, 6.45) is 0.687. The van der Waals surface area contributed by atoms with E-state index >= 15 is 0 Å². The molecule has 202 valence electrons. The minimum Gasteiger partial charge on any atom is -0.395 e. The van der Waals surface area contributed by atoms with Crippen LogP contribution in [0.4, 0.5) is 17.1 Å². The van der Waals surface area contributed by atoms with Crippen LogP contribution >= 0.6 is 11.5 Å². The average molecular weight is 537 g/mol. The van der Waals surface area contributed by atoms with Gasteiger partial charge in [-0.15, -0.1) is 0 Å². The SMILES string of the molecule is CCC(C)(C)NC(=O)[C@H](c1ccc(N(C)C)cc1)N(C(=O)c1snc(C(N)=O)c1N)c1ccc(C)cc1C. The molecule has 0 aliphatic heterocycles. The Morgan fingerprint density at radius 3 is 2.21 bits per heavy atom. The predicted molar refractivity (Wildman–Crippen MR) is 154 cm³/mol. The highest BCUT2D eigenvalue weighted by atomic mass is 32.1. The van der Waals surface area contributed by atoms with Crippen molar-refractivity contribution < 1.29 is 14.4 Å². The van der Waals surface area contributed by atoms with Gasteiger partial charge in [0, 0.05) is 31.0 Å². The standard InChI is InChI=1S/C28H36N6O3S/c1-8-28(4,5)31-26(36)23(18-10-12-19(13-11-18)33(6)7)34(20-14-9-16(2)15-17(20)3)27(37)24-21(29)22(25(30)35)32-38-24/h9-15,23H,8,29H2,1-7H3,(H2,30,35)(H,31,36)/t23-/m0/s1. The maximum Gasteiger partial charge on any atom is 0.273 e. The molecule has 3 amide bonds. The van der Waals surface area contributed by atoms with Crippen LogP contribution in [0.5, 0.6) is 0 Å². The number of nitrogens with zero attached hydrogens (tertiary/aromatic N) is 3. The zero-order valence-electron chi connectivity index (χ0n) is 23.0. The third kappa shape index (κ3) is 5.96. The summed E-state index contributed by atoms with van der Waals surface area (Å²) in [5.41, 5.74) is 14.7. The Labute approximate surface area is 228 Å². The summed E-state index contributed by atoms with van der Waals surface area (Å²) in [7, 11) is 3.86. The van der Waals surface area contributed by atoms with Gasteiger partial charge in [-0.2, -0.15) is 4.37 Å². The molecule has 1 heterocycles. The van der Waals surface area contributed by atoms with Gasteiger partial charge in [0.25, 0.3) is 11.8 Å². The van der Waals surface area contributed by atoms with E-state index in [0.717, 1.165) is 28.3 Å². The summed E-state index contributed by atoms with van der Waals surface area (Å²) in [4.78, 5) is 43.5. The summed E-state index contributed by atoms with van der Waals surface area (Å²) in [6.45, 7) is 9.68. The molecule has 2 aromatic carbocycles. The highest BCUT2D eigenvalue weighted by molar-refractivity contribution is 7.09. The van der Waals surface area contributed by atoms with Crippen molar-refractivity contribution in [1.82, 2.24) is 9.69 Å². The van der Waals surface area contributed by atoms with Crippen molar-refractivity contribution in [1.29, 1.82) is 0 Å². The number of anilines is 3. The van der Waals surface area contributed by atoms with Crippen molar-refractivity contribution in [2.24, 2.45) is 5.73 Å². The Kier molecular flexibility index (Phi) is 8.46. The molecule has 0 saturated carbocycles. The van der Waals surface area contributed by atoms with Crippen LogP contribution in [0.3, 0.4) is 0 Å². The number of nitrogens with two attached hydrogens (primary N) is 2. The van der Waals surface area contributed by atoms with Crippen molar-refractivity contribution >= 4 is 46.3 Å². The van der Waals surface area contributed by atoms with E-state index in [0.29, 0.717) is 17.7 Å². The zero-order chi connectivity index (χ0) is 28.4. The van der Waals surface area contributed by atoms with Crippen molar-refractivity contribution in [2.75, 3.05) is 29.6 Å². The van der Waals surface area contributed by atoms with E-state index in [1.807, 2.05) is 96.1 Å². The number of primary amides is 1. The second-order valence-electron chi connectivity index (χ2n) is 10.2. The first kappa shape index (κ1) is 28.6. The van der Waals surface area contributed by atoms with Crippen LogP contribution in [0.25, 0.3) is 0 Å². The van der Waals surface area contributed by atoms with Crippen LogP contribution < -0.4 is 26.6 Å². The minimum atomic E-state index is -1.04. The van der Waals surface area contributed by atoms with E-state index in [-0.39, 0.29) is 22.2 Å². The minimum absolute atomic E-state index is 0.0382. The first-order valence-electron chi connectivity index (χ1n) is 12.3. The maximum atomic E-state index is 14.2. The van der Waals surface area contributed by atoms with E-state index in [1.54, 1.807) is 0 Å². The van der Waals surface area contributed by atoms with Gasteiger partial charge in [0.1, 0.15) is 10.9 Å². The molecule has 0 spiro atoms. The Balaban J connectivity index is 2.28. The molecule has 0 fully saturated rings. The van der Waals surface area contributed by atoms with E-state index in [9.17, 15) is 14.4 Å². The van der Waals surface area contributed by atoms with Gasteiger partial charge in [-0.25, -0.2) is 0 Å². The van der Waals surface area contributed by atoms with Gasteiger partial charge in [-0.3, -0.25) is 19.3 Å². The number of nitrogens with one attached hydrogen (secondary N) is 1. The monoisotopic (exact) mass is 536 g/mol. The molecule has 0 unspecified atom stereocenters. The van der Waals surface area contributed by atoms with Crippen LogP contribution in [0.1, 0.15) is 70.1 Å². The number of carbonyl (C=O) groups excluding carboxylic acids is 3. The van der Waals surface area contributed by atoms with Crippen LogP contribution in [-0.2, 0) is 4.79 Å². The topological polar surface area (TPSA) is 135 Å². The molecule has 0 aliphatic rings. The molecule has 10 heteroatoms. The van der Waals surface area contributed by atoms with Crippen molar-refractivity contribution in [2.45, 2.75) is 52.6 Å². The average Bonchev–Trinajstić information content (AvgIpc) is 3.24. The highest BCUT2D eigenvalue weighted by Gasteiger charge is 2.38. The first-order valence-corrected chi connectivity index (χ1v) is 13.1. The van der Waals surface area contributed by atoms with Crippen LogP contribution in [-0.4, -0.2) is 41.7 Å². The molecule has 0 saturated heterocycles. The number of amides is 3. The van der Waals surface area contributed by atoms with E-state index in [1.165, 1.54) is 4.90 Å². The summed E-state index contributed by atoms with van der Waals surface area (Å²) in [6, 6.07) is 12.1. The summed E-state index contributed by atoms with van der Waals surface area (Å²) in [5.74, 6) is -1.72. The van der Waals surface area contributed by atoms with Gasteiger partial charge in [-0.05, 0) is 75.0 Å². The molecule has 38 heavy (non-hydrogen) atoms. The highest BCUT2D eigenvalue weighted by Crippen LogP contribution is 2.36. The molecule has 0 aliphatic carbocycles. The van der Waals surface area contributed by atoms with Crippen LogP contribution in [0, 0.1) is 13.8 Å². The Morgan fingerprint density at radius 1 is 1.08 bits per heavy atom. The lowest BCUT2D eigenvalue weighted by Gasteiger charge is -2.35. The van der Waals surface area contributed by atoms with Gasteiger partial charge in [0.15, 0.2) is 5.69 Å². The smallest absolute Gasteiger partial charge is 0.273 e. The predicted octanol–water partition coefficient (Wildman–Crippen LogP) is 4.20. The fourth-order valence-electron chi connectivity index (χ4n) is 4.04.